The predicted molar refractivity (Wildman–Crippen MR) is 70.7 cm³/mol. The SMILES string of the molecule is COc1cc(C(=O)c2cc(Cl)sc2Cl)ccc1F. The third kappa shape index (κ3) is 2.51. The lowest BCUT2D eigenvalue weighted by molar-refractivity contribution is 0.103. The Balaban J connectivity index is 2.43. The van der Waals surface area contributed by atoms with Crippen molar-refractivity contribution in [3.05, 3.63) is 49.9 Å². The van der Waals surface area contributed by atoms with Crippen LogP contribution in [0.3, 0.4) is 0 Å². The first-order chi connectivity index (χ1) is 8.52. The molecule has 1 heterocycles. The molecule has 0 saturated carbocycles. The Hall–Kier alpha value is -1.10. The number of hydrogen-bond acceptors (Lipinski definition) is 3. The molecule has 18 heavy (non-hydrogen) atoms. The van der Waals surface area contributed by atoms with Gasteiger partial charge in [-0.3, -0.25) is 4.79 Å². The number of thiophene rings is 1. The van der Waals surface area contributed by atoms with Gasteiger partial charge in [0.1, 0.15) is 4.34 Å². The lowest BCUT2D eigenvalue weighted by Crippen LogP contribution is -2.01. The van der Waals surface area contributed by atoms with Crippen LogP contribution < -0.4 is 4.74 Å². The van der Waals surface area contributed by atoms with E-state index in [1.807, 2.05) is 0 Å². The fraction of sp³-hybridized carbons (Fsp3) is 0.0833. The maximum absolute atomic E-state index is 13.2. The number of carbonyl (C=O) groups excluding carboxylic acids is 1. The van der Waals surface area contributed by atoms with Gasteiger partial charge in [-0.05, 0) is 24.3 Å². The third-order valence-corrected chi connectivity index (χ3v) is 3.80. The predicted octanol–water partition coefficient (Wildman–Crippen LogP) is 4.43. The van der Waals surface area contributed by atoms with Gasteiger partial charge in [-0.25, -0.2) is 4.39 Å². The molecule has 0 aliphatic heterocycles. The van der Waals surface area contributed by atoms with Crippen molar-refractivity contribution >= 4 is 40.3 Å². The summed E-state index contributed by atoms with van der Waals surface area (Å²) in [5, 5.41) is 0. The topological polar surface area (TPSA) is 26.3 Å². The highest BCUT2D eigenvalue weighted by atomic mass is 35.5. The van der Waals surface area contributed by atoms with Crippen LogP contribution in [0.15, 0.2) is 24.3 Å². The molecule has 0 amide bonds. The molecule has 0 unspecified atom stereocenters. The van der Waals surface area contributed by atoms with Crippen LogP contribution in [0, 0.1) is 5.82 Å². The van der Waals surface area contributed by atoms with Crippen molar-refractivity contribution < 1.29 is 13.9 Å². The Bertz CT molecular complexity index is 610. The fourth-order valence-electron chi connectivity index (χ4n) is 1.45. The number of ketones is 1. The summed E-state index contributed by atoms with van der Waals surface area (Å²) >= 11 is 12.8. The van der Waals surface area contributed by atoms with E-state index in [2.05, 4.69) is 0 Å². The van der Waals surface area contributed by atoms with Gasteiger partial charge in [0.15, 0.2) is 17.3 Å². The molecule has 0 aliphatic carbocycles. The number of carbonyl (C=O) groups is 1. The van der Waals surface area contributed by atoms with Crippen molar-refractivity contribution in [3.63, 3.8) is 0 Å². The first-order valence-corrected chi connectivity index (χ1v) is 6.43. The molecule has 2 aromatic rings. The van der Waals surface area contributed by atoms with Crippen LogP contribution in [0.2, 0.25) is 8.67 Å². The molecular weight excluding hydrogens is 298 g/mol. The highest BCUT2D eigenvalue weighted by molar-refractivity contribution is 7.20. The maximum Gasteiger partial charge on any atom is 0.195 e. The van der Waals surface area contributed by atoms with Gasteiger partial charge in [0.05, 0.1) is 17.0 Å². The van der Waals surface area contributed by atoms with E-state index >= 15 is 0 Å². The molecule has 0 saturated heterocycles. The number of hydrogen-bond donors (Lipinski definition) is 0. The molecule has 1 aromatic carbocycles. The maximum atomic E-state index is 13.2. The molecule has 2 rings (SSSR count). The average molecular weight is 305 g/mol. The Morgan fingerprint density at radius 1 is 1.33 bits per heavy atom. The van der Waals surface area contributed by atoms with Crippen LogP contribution >= 0.6 is 34.5 Å². The van der Waals surface area contributed by atoms with Crippen molar-refractivity contribution in [2.75, 3.05) is 7.11 Å². The Morgan fingerprint density at radius 3 is 2.61 bits per heavy atom. The number of halogens is 3. The van der Waals surface area contributed by atoms with Crippen molar-refractivity contribution in [2.45, 2.75) is 0 Å². The number of rotatable bonds is 3. The second-order valence-electron chi connectivity index (χ2n) is 3.42. The monoisotopic (exact) mass is 304 g/mol. The average Bonchev–Trinajstić information content (AvgIpc) is 2.68. The fourth-order valence-corrected chi connectivity index (χ4v) is 2.91. The lowest BCUT2D eigenvalue weighted by Gasteiger charge is -2.04. The zero-order valence-corrected chi connectivity index (χ0v) is 11.5. The van der Waals surface area contributed by atoms with Gasteiger partial charge in [-0.1, -0.05) is 23.2 Å². The van der Waals surface area contributed by atoms with Gasteiger partial charge in [0.25, 0.3) is 0 Å². The highest BCUT2D eigenvalue weighted by Gasteiger charge is 2.17. The molecule has 6 heteroatoms. The van der Waals surface area contributed by atoms with Crippen molar-refractivity contribution in [1.29, 1.82) is 0 Å². The van der Waals surface area contributed by atoms with E-state index in [-0.39, 0.29) is 11.5 Å². The molecule has 0 bridgehead atoms. The van der Waals surface area contributed by atoms with Gasteiger partial charge in [0.2, 0.25) is 0 Å². The molecule has 0 atom stereocenters. The second kappa shape index (κ2) is 5.26. The number of benzene rings is 1. The lowest BCUT2D eigenvalue weighted by atomic mass is 10.1. The molecule has 2 nitrogen and oxygen atoms in total. The Kier molecular flexibility index (Phi) is 3.90. The van der Waals surface area contributed by atoms with Gasteiger partial charge < -0.3 is 4.74 Å². The molecular formula is C12H7Cl2FO2S. The van der Waals surface area contributed by atoms with E-state index < -0.39 is 5.82 Å². The highest BCUT2D eigenvalue weighted by Crippen LogP contribution is 2.33. The minimum absolute atomic E-state index is 0.0123. The largest absolute Gasteiger partial charge is 0.494 e. The smallest absolute Gasteiger partial charge is 0.195 e. The van der Waals surface area contributed by atoms with Crippen molar-refractivity contribution in [2.24, 2.45) is 0 Å². The van der Waals surface area contributed by atoms with Crippen molar-refractivity contribution in [1.82, 2.24) is 0 Å². The summed E-state index contributed by atoms with van der Waals surface area (Å²) < 4.78 is 18.8. The number of ether oxygens (including phenoxy) is 1. The molecule has 1 aromatic heterocycles. The standard InChI is InChI=1S/C12H7Cl2FO2S/c1-17-9-4-6(2-3-8(9)15)11(16)7-5-10(13)18-12(7)14/h2-5H,1H3. The van der Waals surface area contributed by atoms with E-state index in [1.54, 1.807) is 0 Å². The molecule has 0 N–H and O–H groups in total. The van der Waals surface area contributed by atoms with Gasteiger partial charge >= 0.3 is 0 Å². The molecule has 0 aliphatic rings. The van der Waals surface area contributed by atoms with Crippen LogP contribution in [0.25, 0.3) is 0 Å². The normalized spacial score (nSPS) is 10.4. The Morgan fingerprint density at radius 2 is 2.06 bits per heavy atom. The van der Waals surface area contributed by atoms with E-state index in [0.717, 1.165) is 11.3 Å². The minimum atomic E-state index is -0.525. The summed E-state index contributed by atoms with van der Waals surface area (Å²) in [6.45, 7) is 0. The second-order valence-corrected chi connectivity index (χ2v) is 5.70. The zero-order chi connectivity index (χ0) is 13.3. The summed E-state index contributed by atoms with van der Waals surface area (Å²) in [6, 6.07) is 5.38. The summed E-state index contributed by atoms with van der Waals surface area (Å²) in [5.74, 6) is -0.830. The van der Waals surface area contributed by atoms with Crippen LogP contribution in [0.1, 0.15) is 15.9 Å². The van der Waals surface area contributed by atoms with Gasteiger partial charge in [-0.2, -0.15) is 0 Å². The molecule has 0 radical (unpaired) electrons. The zero-order valence-electron chi connectivity index (χ0n) is 9.17. The summed E-state index contributed by atoms with van der Waals surface area (Å²) in [6.07, 6.45) is 0. The van der Waals surface area contributed by atoms with Crippen LogP contribution in [0.4, 0.5) is 4.39 Å². The van der Waals surface area contributed by atoms with Crippen LogP contribution in [0.5, 0.6) is 5.75 Å². The summed E-state index contributed by atoms with van der Waals surface area (Å²) in [4.78, 5) is 12.1. The first kappa shape index (κ1) is 13.3. The van der Waals surface area contributed by atoms with E-state index in [1.165, 1.54) is 31.4 Å². The quantitative estimate of drug-likeness (QED) is 0.784. The van der Waals surface area contributed by atoms with Gasteiger partial charge in [0, 0.05) is 5.56 Å². The van der Waals surface area contributed by atoms with Crippen molar-refractivity contribution in [3.8, 4) is 5.75 Å². The molecule has 94 valence electrons. The van der Waals surface area contributed by atoms with E-state index in [9.17, 15) is 9.18 Å². The first-order valence-electron chi connectivity index (χ1n) is 4.86. The van der Waals surface area contributed by atoms with Crippen LogP contribution in [-0.4, -0.2) is 12.9 Å². The van der Waals surface area contributed by atoms with E-state index in [4.69, 9.17) is 27.9 Å². The summed E-state index contributed by atoms with van der Waals surface area (Å²) in [5.41, 5.74) is 0.602. The minimum Gasteiger partial charge on any atom is -0.494 e. The molecule has 0 fully saturated rings. The molecule has 0 spiro atoms. The third-order valence-electron chi connectivity index (χ3n) is 2.31. The summed E-state index contributed by atoms with van der Waals surface area (Å²) in [7, 11) is 1.33. The Labute approximate surface area is 117 Å². The number of methoxy groups -OCH3 is 1. The van der Waals surface area contributed by atoms with E-state index in [0.29, 0.717) is 19.8 Å². The van der Waals surface area contributed by atoms with Gasteiger partial charge in [-0.15, -0.1) is 11.3 Å². The van der Waals surface area contributed by atoms with Crippen LogP contribution in [-0.2, 0) is 0 Å².